The van der Waals surface area contributed by atoms with Crippen LogP contribution in [0.2, 0.25) is 0 Å². The molecule has 104 valence electrons. The predicted octanol–water partition coefficient (Wildman–Crippen LogP) is 2.59. The zero-order valence-corrected chi connectivity index (χ0v) is 11.5. The number of hydrogen-bond acceptors (Lipinski definition) is 2. The smallest absolute Gasteiger partial charge is 0.223 e. The number of carbonyl (C=O) groups excluding carboxylic acids is 1. The lowest BCUT2D eigenvalue weighted by atomic mass is 9.85. The van der Waals surface area contributed by atoms with E-state index in [1.165, 1.54) is 38.5 Å². The molecule has 2 aliphatic carbocycles. The van der Waals surface area contributed by atoms with Gasteiger partial charge in [0.1, 0.15) is 0 Å². The normalized spacial score (nSPS) is 30.1. The summed E-state index contributed by atoms with van der Waals surface area (Å²) in [4.78, 5) is 12.0. The van der Waals surface area contributed by atoms with E-state index in [-0.39, 0.29) is 11.8 Å². The molecule has 0 heterocycles. The Morgan fingerprint density at radius 2 is 1.67 bits per heavy atom. The van der Waals surface area contributed by atoms with Crippen LogP contribution in [0.4, 0.5) is 0 Å². The van der Waals surface area contributed by atoms with Crippen LogP contribution in [0.3, 0.4) is 0 Å². The standard InChI is InChI=1S/C15H28N2O/c16-14-8-6-13(7-9-14)15(18)17-11-10-12-4-2-1-3-5-12/h12-14H,1-11,16H2,(H,17,18). The van der Waals surface area contributed by atoms with Gasteiger partial charge in [0.05, 0.1) is 0 Å². The third kappa shape index (κ3) is 4.27. The van der Waals surface area contributed by atoms with Gasteiger partial charge in [-0.1, -0.05) is 32.1 Å². The molecule has 0 radical (unpaired) electrons. The van der Waals surface area contributed by atoms with Crippen molar-refractivity contribution in [3.05, 3.63) is 0 Å². The summed E-state index contributed by atoms with van der Waals surface area (Å²) in [5.41, 5.74) is 5.86. The molecule has 2 fully saturated rings. The highest BCUT2D eigenvalue weighted by Gasteiger charge is 2.24. The first-order valence-electron chi connectivity index (χ1n) is 7.79. The van der Waals surface area contributed by atoms with Crippen molar-refractivity contribution in [2.75, 3.05) is 6.54 Å². The third-order valence-electron chi connectivity index (χ3n) is 4.72. The Hall–Kier alpha value is -0.570. The zero-order chi connectivity index (χ0) is 12.8. The molecular weight excluding hydrogens is 224 g/mol. The monoisotopic (exact) mass is 252 g/mol. The Bertz CT molecular complexity index is 253. The second kappa shape index (κ2) is 7.13. The SMILES string of the molecule is NC1CCC(C(=O)NCCC2CCCCC2)CC1. The molecule has 0 saturated heterocycles. The van der Waals surface area contributed by atoms with E-state index in [9.17, 15) is 4.79 Å². The van der Waals surface area contributed by atoms with E-state index in [0.29, 0.717) is 6.04 Å². The molecule has 3 nitrogen and oxygen atoms in total. The van der Waals surface area contributed by atoms with E-state index in [0.717, 1.165) is 38.1 Å². The van der Waals surface area contributed by atoms with E-state index in [1.807, 2.05) is 0 Å². The second-order valence-electron chi connectivity index (χ2n) is 6.20. The summed E-state index contributed by atoms with van der Waals surface area (Å²) >= 11 is 0. The maximum Gasteiger partial charge on any atom is 0.223 e. The fourth-order valence-electron chi connectivity index (χ4n) is 3.40. The first kappa shape index (κ1) is 13.9. The van der Waals surface area contributed by atoms with E-state index in [1.54, 1.807) is 0 Å². The van der Waals surface area contributed by atoms with E-state index < -0.39 is 0 Å². The van der Waals surface area contributed by atoms with Crippen LogP contribution in [0.15, 0.2) is 0 Å². The minimum absolute atomic E-state index is 0.233. The number of hydrogen-bond donors (Lipinski definition) is 2. The number of carbonyl (C=O) groups is 1. The van der Waals surface area contributed by atoms with Gasteiger partial charge >= 0.3 is 0 Å². The fourth-order valence-corrected chi connectivity index (χ4v) is 3.40. The van der Waals surface area contributed by atoms with Crippen molar-refractivity contribution >= 4 is 5.91 Å². The Balaban J connectivity index is 1.59. The lowest BCUT2D eigenvalue weighted by molar-refractivity contribution is -0.126. The zero-order valence-electron chi connectivity index (χ0n) is 11.5. The molecule has 0 bridgehead atoms. The van der Waals surface area contributed by atoms with Gasteiger partial charge < -0.3 is 11.1 Å². The molecule has 0 spiro atoms. The van der Waals surface area contributed by atoms with E-state index in [4.69, 9.17) is 5.73 Å². The van der Waals surface area contributed by atoms with Crippen molar-refractivity contribution in [1.82, 2.24) is 5.32 Å². The molecule has 0 aromatic carbocycles. The Morgan fingerprint density at radius 3 is 2.33 bits per heavy atom. The van der Waals surface area contributed by atoms with Crippen LogP contribution in [0.1, 0.15) is 64.2 Å². The number of nitrogens with one attached hydrogen (secondary N) is 1. The first-order chi connectivity index (χ1) is 8.75. The average molecular weight is 252 g/mol. The fraction of sp³-hybridized carbons (Fsp3) is 0.933. The summed E-state index contributed by atoms with van der Waals surface area (Å²) in [6.45, 7) is 0.881. The van der Waals surface area contributed by atoms with Crippen LogP contribution in [0.25, 0.3) is 0 Å². The second-order valence-corrected chi connectivity index (χ2v) is 6.20. The van der Waals surface area contributed by atoms with E-state index in [2.05, 4.69) is 5.32 Å². The molecule has 0 aliphatic heterocycles. The van der Waals surface area contributed by atoms with Crippen LogP contribution in [-0.2, 0) is 4.79 Å². The lowest BCUT2D eigenvalue weighted by Gasteiger charge is -2.26. The van der Waals surface area contributed by atoms with Gasteiger partial charge in [-0.3, -0.25) is 4.79 Å². The molecule has 2 saturated carbocycles. The van der Waals surface area contributed by atoms with Crippen LogP contribution < -0.4 is 11.1 Å². The highest BCUT2D eigenvalue weighted by molar-refractivity contribution is 5.78. The Labute approximate surface area is 111 Å². The van der Waals surface area contributed by atoms with Crippen molar-refractivity contribution in [2.45, 2.75) is 70.3 Å². The number of nitrogens with two attached hydrogens (primary N) is 1. The van der Waals surface area contributed by atoms with Gasteiger partial charge in [0.25, 0.3) is 0 Å². The molecular formula is C15H28N2O. The van der Waals surface area contributed by atoms with Crippen molar-refractivity contribution in [3.8, 4) is 0 Å². The van der Waals surface area contributed by atoms with Crippen LogP contribution in [0.5, 0.6) is 0 Å². The Morgan fingerprint density at radius 1 is 1.00 bits per heavy atom. The summed E-state index contributed by atoms with van der Waals surface area (Å²) < 4.78 is 0. The minimum atomic E-state index is 0.233. The Kier molecular flexibility index (Phi) is 5.48. The molecule has 3 N–H and O–H groups in total. The summed E-state index contributed by atoms with van der Waals surface area (Å²) in [6.07, 6.45) is 12.1. The van der Waals surface area contributed by atoms with Crippen LogP contribution in [-0.4, -0.2) is 18.5 Å². The molecule has 0 aromatic rings. The van der Waals surface area contributed by atoms with Crippen LogP contribution >= 0.6 is 0 Å². The maximum atomic E-state index is 12.0. The summed E-state index contributed by atoms with van der Waals surface area (Å²) in [5.74, 6) is 1.37. The molecule has 0 atom stereocenters. The average Bonchev–Trinajstić information content (AvgIpc) is 2.40. The van der Waals surface area contributed by atoms with Gasteiger partial charge in [-0.15, -0.1) is 0 Å². The van der Waals surface area contributed by atoms with Gasteiger partial charge in [0, 0.05) is 18.5 Å². The highest BCUT2D eigenvalue weighted by Crippen LogP contribution is 2.26. The molecule has 18 heavy (non-hydrogen) atoms. The largest absolute Gasteiger partial charge is 0.356 e. The highest BCUT2D eigenvalue weighted by atomic mass is 16.1. The van der Waals surface area contributed by atoms with Gasteiger partial charge in [-0.2, -0.15) is 0 Å². The lowest BCUT2D eigenvalue weighted by Crippen LogP contribution is -2.37. The molecule has 2 rings (SSSR count). The van der Waals surface area contributed by atoms with Crippen molar-refractivity contribution in [1.29, 1.82) is 0 Å². The van der Waals surface area contributed by atoms with Crippen molar-refractivity contribution < 1.29 is 4.79 Å². The molecule has 0 unspecified atom stereocenters. The topological polar surface area (TPSA) is 55.1 Å². The number of rotatable bonds is 4. The first-order valence-corrected chi connectivity index (χ1v) is 7.79. The van der Waals surface area contributed by atoms with E-state index >= 15 is 0 Å². The summed E-state index contributed by atoms with van der Waals surface area (Å²) in [7, 11) is 0. The molecule has 1 amide bonds. The van der Waals surface area contributed by atoms with Gasteiger partial charge in [0.15, 0.2) is 0 Å². The maximum absolute atomic E-state index is 12.0. The third-order valence-corrected chi connectivity index (χ3v) is 4.72. The molecule has 2 aliphatic rings. The quantitative estimate of drug-likeness (QED) is 0.808. The van der Waals surface area contributed by atoms with Gasteiger partial charge in [0.2, 0.25) is 5.91 Å². The minimum Gasteiger partial charge on any atom is -0.356 e. The summed E-state index contributed by atoms with van der Waals surface area (Å²) in [6, 6.07) is 0.330. The summed E-state index contributed by atoms with van der Waals surface area (Å²) in [5, 5.41) is 3.13. The molecule has 3 heteroatoms. The predicted molar refractivity (Wildman–Crippen MR) is 74.1 cm³/mol. The van der Waals surface area contributed by atoms with Crippen LogP contribution in [0, 0.1) is 11.8 Å². The van der Waals surface area contributed by atoms with Crippen molar-refractivity contribution in [2.24, 2.45) is 17.6 Å². The van der Waals surface area contributed by atoms with Gasteiger partial charge in [-0.05, 0) is 38.0 Å². The number of amides is 1. The van der Waals surface area contributed by atoms with Gasteiger partial charge in [-0.25, -0.2) is 0 Å². The molecule has 0 aromatic heterocycles. The van der Waals surface area contributed by atoms with Crippen molar-refractivity contribution in [3.63, 3.8) is 0 Å².